The quantitative estimate of drug-likeness (QED) is 0.0944. The van der Waals surface area contributed by atoms with Gasteiger partial charge in [-0.25, -0.2) is 0 Å². The van der Waals surface area contributed by atoms with Crippen LogP contribution in [0.25, 0.3) is 0 Å². The van der Waals surface area contributed by atoms with Gasteiger partial charge < -0.3 is 45.6 Å². The van der Waals surface area contributed by atoms with Gasteiger partial charge >= 0.3 is 0 Å². The van der Waals surface area contributed by atoms with E-state index in [1.807, 2.05) is 0 Å². The number of carbonyl (C=O) groups excluding carboxylic acids is 2. The van der Waals surface area contributed by atoms with Crippen molar-refractivity contribution in [1.82, 2.24) is 10.6 Å². The number of rotatable bonds is 22. The number of hydrogen-bond acceptors (Lipinski definition) is 9. The number of nitrogens with one attached hydrogen (secondary N) is 2. The average molecular weight is 577 g/mol. The third-order valence-corrected chi connectivity index (χ3v) is 7.46. The number of amides is 2. The van der Waals surface area contributed by atoms with Crippen molar-refractivity contribution in [2.75, 3.05) is 13.2 Å². The zero-order chi connectivity index (χ0) is 29.9. The average Bonchev–Trinajstić information content (AvgIpc) is 2.91. The van der Waals surface area contributed by atoms with Crippen LogP contribution in [0.15, 0.2) is 0 Å². The van der Waals surface area contributed by atoms with E-state index in [4.69, 9.17) is 9.47 Å². The van der Waals surface area contributed by atoms with Crippen LogP contribution in [-0.2, 0) is 19.1 Å². The van der Waals surface area contributed by atoms with Crippen molar-refractivity contribution in [3.8, 4) is 0 Å². The fourth-order valence-electron chi connectivity index (χ4n) is 4.96. The van der Waals surface area contributed by atoms with Crippen LogP contribution in [0.3, 0.4) is 0 Å². The Morgan fingerprint density at radius 3 is 1.80 bits per heavy atom. The van der Waals surface area contributed by atoms with E-state index in [0.717, 1.165) is 25.7 Å². The molecular formula is C29H56N2O9. The van der Waals surface area contributed by atoms with Gasteiger partial charge in [-0.15, -0.1) is 0 Å². The third kappa shape index (κ3) is 15.0. The standard InChI is InChI=1S/C29H56N2O9/c1-4-5-6-7-8-9-10-11-12-13-14-15-16-17-23(34)25(35)22(31-21(3)33)19-39-29-28(38)27(37)26(36)24(40-29)18-30-20(2)32/h22-29,34-38H,4-19H2,1-3H3,(H,30,32)(H,31,33)/t22-,23+,24?,25?,26?,27?,28?,29?/m0/s1. The van der Waals surface area contributed by atoms with E-state index in [1.54, 1.807) is 0 Å². The minimum atomic E-state index is -1.60. The Kier molecular flexibility index (Phi) is 19.6. The van der Waals surface area contributed by atoms with Gasteiger partial charge in [0.1, 0.15) is 30.5 Å². The summed E-state index contributed by atoms with van der Waals surface area (Å²) in [5, 5.41) is 56.9. The molecule has 2 amide bonds. The summed E-state index contributed by atoms with van der Waals surface area (Å²) in [6.45, 7) is 4.35. The summed E-state index contributed by atoms with van der Waals surface area (Å²) in [7, 11) is 0. The van der Waals surface area contributed by atoms with Crippen LogP contribution in [0, 0.1) is 0 Å². The summed E-state index contributed by atoms with van der Waals surface area (Å²) in [6.07, 6.45) is 6.51. The predicted molar refractivity (Wildman–Crippen MR) is 151 cm³/mol. The summed E-state index contributed by atoms with van der Waals surface area (Å²) in [4.78, 5) is 22.9. The Balaban J connectivity index is 2.39. The molecule has 0 saturated carbocycles. The molecule has 1 fully saturated rings. The molecule has 236 valence electrons. The lowest BCUT2D eigenvalue weighted by Gasteiger charge is -2.41. The van der Waals surface area contributed by atoms with Gasteiger partial charge in [-0.05, 0) is 6.42 Å². The van der Waals surface area contributed by atoms with E-state index >= 15 is 0 Å². The van der Waals surface area contributed by atoms with Gasteiger partial charge in [0.15, 0.2) is 6.29 Å². The van der Waals surface area contributed by atoms with Gasteiger partial charge in [0, 0.05) is 20.4 Å². The van der Waals surface area contributed by atoms with Gasteiger partial charge in [-0.3, -0.25) is 9.59 Å². The van der Waals surface area contributed by atoms with Crippen molar-refractivity contribution in [2.45, 2.75) is 160 Å². The van der Waals surface area contributed by atoms with Crippen LogP contribution in [0.1, 0.15) is 111 Å². The summed E-state index contributed by atoms with van der Waals surface area (Å²) in [5.74, 6) is -0.801. The second-order valence-electron chi connectivity index (χ2n) is 11.2. The molecule has 1 aliphatic heterocycles. The largest absolute Gasteiger partial charge is 0.390 e. The van der Waals surface area contributed by atoms with Gasteiger partial charge in [0.05, 0.1) is 18.8 Å². The molecule has 1 rings (SSSR count). The molecule has 1 heterocycles. The molecule has 0 radical (unpaired) electrons. The fraction of sp³-hybridized carbons (Fsp3) is 0.931. The Hall–Kier alpha value is -1.34. The summed E-state index contributed by atoms with van der Waals surface area (Å²) >= 11 is 0. The normalized spacial score (nSPS) is 25.2. The van der Waals surface area contributed by atoms with Crippen molar-refractivity contribution in [1.29, 1.82) is 0 Å². The molecule has 7 N–H and O–H groups in total. The molecule has 11 heteroatoms. The van der Waals surface area contributed by atoms with E-state index in [1.165, 1.54) is 71.6 Å². The lowest BCUT2D eigenvalue weighted by Crippen LogP contribution is -2.61. The van der Waals surface area contributed by atoms with Crippen molar-refractivity contribution >= 4 is 11.8 Å². The Labute approximate surface area is 240 Å². The van der Waals surface area contributed by atoms with Crippen LogP contribution < -0.4 is 10.6 Å². The topological polar surface area (TPSA) is 178 Å². The summed E-state index contributed by atoms with van der Waals surface area (Å²) in [6, 6.07) is -0.997. The Morgan fingerprint density at radius 1 is 0.775 bits per heavy atom. The maximum atomic E-state index is 11.7. The lowest BCUT2D eigenvalue weighted by molar-refractivity contribution is -0.297. The second kappa shape index (κ2) is 21.4. The molecule has 8 atom stereocenters. The minimum absolute atomic E-state index is 0.115. The molecule has 6 unspecified atom stereocenters. The van der Waals surface area contributed by atoms with Crippen molar-refractivity contribution in [3.63, 3.8) is 0 Å². The first kappa shape index (κ1) is 36.7. The second-order valence-corrected chi connectivity index (χ2v) is 11.2. The number of aliphatic hydroxyl groups excluding tert-OH is 5. The SMILES string of the molecule is CCCCCCCCCCCCCCC[C@@H](O)C(O)[C@H](COC1OC(CNC(C)=O)C(O)C(O)C1O)NC(C)=O. The first-order valence-corrected chi connectivity index (χ1v) is 15.3. The van der Waals surface area contributed by atoms with E-state index < -0.39 is 54.9 Å². The number of ether oxygens (including phenoxy) is 2. The molecule has 11 nitrogen and oxygen atoms in total. The molecule has 1 aliphatic rings. The van der Waals surface area contributed by atoms with E-state index in [2.05, 4.69) is 17.6 Å². The molecule has 0 bridgehead atoms. The maximum Gasteiger partial charge on any atom is 0.217 e. The lowest BCUT2D eigenvalue weighted by atomic mass is 9.98. The number of unbranched alkanes of at least 4 members (excludes halogenated alkanes) is 12. The molecule has 0 aromatic carbocycles. The van der Waals surface area contributed by atoms with Crippen molar-refractivity contribution < 1.29 is 44.6 Å². The highest BCUT2D eigenvalue weighted by Gasteiger charge is 2.44. The highest BCUT2D eigenvalue weighted by molar-refractivity contribution is 5.73. The Morgan fingerprint density at radius 2 is 1.30 bits per heavy atom. The van der Waals surface area contributed by atoms with Crippen molar-refractivity contribution in [2.24, 2.45) is 0 Å². The highest BCUT2D eigenvalue weighted by Crippen LogP contribution is 2.23. The van der Waals surface area contributed by atoms with Crippen LogP contribution in [0.2, 0.25) is 0 Å². The van der Waals surface area contributed by atoms with Crippen LogP contribution in [-0.4, -0.2) is 99.5 Å². The zero-order valence-electron chi connectivity index (χ0n) is 24.8. The third-order valence-electron chi connectivity index (χ3n) is 7.46. The molecule has 40 heavy (non-hydrogen) atoms. The smallest absolute Gasteiger partial charge is 0.217 e. The van der Waals surface area contributed by atoms with Gasteiger partial charge in [0.2, 0.25) is 11.8 Å². The summed E-state index contributed by atoms with van der Waals surface area (Å²) < 4.78 is 11.1. The molecular weight excluding hydrogens is 520 g/mol. The molecule has 0 aromatic rings. The number of carbonyl (C=O) groups is 2. The predicted octanol–water partition coefficient (Wildman–Crippen LogP) is 1.65. The highest BCUT2D eigenvalue weighted by atomic mass is 16.7. The first-order valence-electron chi connectivity index (χ1n) is 15.3. The maximum absolute atomic E-state index is 11.7. The minimum Gasteiger partial charge on any atom is -0.390 e. The Bertz CT molecular complexity index is 684. The van der Waals surface area contributed by atoms with E-state index in [0.29, 0.717) is 6.42 Å². The van der Waals surface area contributed by atoms with Gasteiger partial charge in [0.25, 0.3) is 0 Å². The number of hydrogen-bond donors (Lipinski definition) is 7. The first-order chi connectivity index (χ1) is 19.1. The molecule has 0 aromatic heterocycles. The zero-order valence-corrected chi connectivity index (χ0v) is 24.8. The molecule has 0 aliphatic carbocycles. The van der Waals surface area contributed by atoms with Crippen LogP contribution in [0.5, 0.6) is 0 Å². The van der Waals surface area contributed by atoms with E-state index in [-0.39, 0.29) is 19.1 Å². The molecule has 1 saturated heterocycles. The number of aliphatic hydroxyl groups is 5. The van der Waals surface area contributed by atoms with Crippen LogP contribution >= 0.6 is 0 Å². The van der Waals surface area contributed by atoms with Gasteiger partial charge in [-0.1, -0.05) is 90.4 Å². The molecule has 0 spiro atoms. The summed E-state index contributed by atoms with van der Waals surface area (Å²) in [5.41, 5.74) is 0. The fourth-order valence-corrected chi connectivity index (χ4v) is 4.96. The van der Waals surface area contributed by atoms with Crippen molar-refractivity contribution in [3.05, 3.63) is 0 Å². The van der Waals surface area contributed by atoms with E-state index in [9.17, 15) is 35.1 Å². The van der Waals surface area contributed by atoms with Crippen LogP contribution in [0.4, 0.5) is 0 Å². The van der Waals surface area contributed by atoms with Gasteiger partial charge in [-0.2, -0.15) is 0 Å². The monoisotopic (exact) mass is 576 g/mol.